The number of hydrogen-bond acceptors (Lipinski definition) is 5. The lowest BCUT2D eigenvalue weighted by molar-refractivity contribution is 0.667. The summed E-state index contributed by atoms with van der Waals surface area (Å²) in [6.45, 7) is 0. The summed E-state index contributed by atoms with van der Waals surface area (Å²) in [5, 5.41) is 15.1. The molecule has 5 heteroatoms. The predicted octanol–water partition coefficient (Wildman–Crippen LogP) is 15.3. The molecular formula is C60H37N3OS. The summed E-state index contributed by atoms with van der Waals surface area (Å²) in [5.74, 6) is 0. The minimum Gasteiger partial charge on any atom is -0.455 e. The highest BCUT2D eigenvalue weighted by Gasteiger charge is 2.50. The Bertz CT molecular complexity index is 3800. The van der Waals surface area contributed by atoms with Crippen LogP contribution >= 0.6 is 11.8 Å². The Labute approximate surface area is 379 Å². The number of benzene rings is 9. The molecule has 9 aromatic carbocycles. The van der Waals surface area contributed by atoms with Gasteiger partial charge in [0.15, 0.2) is 0 Å². The van der Waals surface area contributed by atoms with Crippen molar-refractivity contribution in [2.75, 3.05) is 0 Å². The fraction of sp³-hybridized carbons (Fsp3) is 0.0167. The summed E-state index contributed by atoms with van der Waals surface area (Å²) in [5.41, 5.74) is 15.1. The van der Waals surface area contributed by atoms with Crippen molar-refractivity contribution in [2.45, 2.75) is 15.2 Å². The van der Waals surface area contributed by atoms with Gasteiger partial charge in [-0.05, 0) is 75.4 Å². The fourth-order valence-corrected chi connectivity index (χ4v) is 11.8. The number of fused-ring (bicyclic) bond motifs is 16. The van der Waals surface area contributed by atoms with Gasteiger partial charge in [-0.2, -0.15) is 0 Å². The second-order valence-corrected chi connectivity index (χ2v) is 17.8. The maximum atomic E-state index is 9.66. The smallest absolute Gasteiger partial charge is 0.144 e. The highest BCUT2D eigenvalue weighted by atomic mass is 32.2. The normalized spacial score (nSPS) is 13.7. The molecule has 0 unspecified atom stereocenters. The average Bonchev–Trinajstić information content (AvgIpc) is 3.89. The molecule has 13 rings (SSSR count). The molecule has 0 fully saturated rings. The van der Waals surface area contributed by atoms with Crippen LogP contribution in [0.1, 0.15) is 38.9 Å². The van der Waals surface area contributed by atoms with Crippen LogP contribution in [0.4, 0.5) is 0 Å². The fourth-order valence-electron chi connectivity index (χ4n) is 10.4. The van der Waals surface area contributed by atoms with Gasteiger partial charge in [-0.1, -0.05) is 188 Å². The van der Waals surface area contributed by atoms with Crippen molar-refractivity contribution in [1.82, 2.24) is 4.98 Å². The summed E-state index contributed by atoms with van der Waals surface area (Å²) in [4.78, 5) is 13.0. The van der Waals surface area contributed by atoms with E-state index in [-0.39, 0.29) is 0 Å². The molecule has 0 atom stereocenters. The van der Waals surface area contributed by atoms with E-state index >= 15 is 0 Å². The van der Waals surface area contributed by atoms with E-state index in [2.05, 4.69) is 133 Å². The standard InChI is InChI=1S/C60H37N3OS/c61-51(35-53(62-36-37-16-2-1-3-17-37)45-25-15-24-43-42-22-7-12-30-54(42)64-58(43)45)38-18-14-19-39(34-38)57-46-32-33-50-59(56(46)44-23-6-11-29-52(44)63-57)65-55-31-13-10-28-49(55)60(50)47-26-8-4-20-40(47)41-21-5-9-27-48(41)60/h1-36,61H/b53-35-,61-51?,62-36?. The molecule has 0 saturated heterocycles. The third-order valence-electron chi connectivity index (χ3n) is 13.2. The van der Waals surface area contributed by atoms with Crippen LogP contribution in [0, 0.1) is 5.41 Å². The van der Waals surface area contributed by atoms with Crippen LogP contribution in [0.3, 0.4) is 0 Å². The van der Waals surface area contributed by atoms with Crippen LogP contribution in [0.25, 0.3) is 71.7 Å². The average molecular weight is 848 g/mol. The molecule has 1 aliphatic carbocycles. The second kappa shape index (κ2) is 14.7. The third kappa shape index (κ3) is 5.69. The lowest BCUT2D eigenvalue weighted by Gasteiger charge is -2.40. The number of para-hydroxylation sites is 3. The minimum absolute atomic E-state index is 0.329. The van der Waals surface area contributed by atoms with E-state index in [1.807, 2.05) is 96.8 Å². The van der Waals surface area contributed by atoms with E-state index in [1.54, 1.807) is 0 Å². The SMILES string of the molecule is N=C(/C=C(\N=Cc1ccccc1)c1cccc2c1oc1ccccc12)c1cccc(-c2nc3ccccc3c3c4c(ccc23)C2(c3ccccc3S4)c3ccccc3-c3ccccc32)c1. The van der Waals surface area contributed by atoms with Gasteiger partial charge >= 0.3 is 0 Å². The van der Waals surface area contributed by atoms with Gasteiger partial charge in [-0.25, -0.2) is 4.98 Å². The van der Waals surface area contributed by atoms with Gasteiger partial charge in [-0.3, -0.25) is 4.99 Å². The van der Waals surface area contributed by atoms with E-state index in [0.717, 1.165) is 66.2 Å². The Hall–Kier alpha value is -8.12. The van der Waals surface area contributed by atoms with Gasteiger partial charge in [0, 0.05) is 59.6 Å². The van der Waals surface area contributed by atoms with E-state index in [9.17, 15) is 5.41 Å². The third-order valence-corrected chi connectivity index (χ3v) is 14.4. The van der Waals surface area contributed by atoms with Crippen molar-refractivity contribution in [3.8, 4) is 22.4 Å². The predicted molar refractivity (Wildman–Crippen MR) is 269 cm³/mol. The maximum absolute atomic E-state index is 9.66. The Balaban J connectivity index is 0.994. The van der Waals surface area contributed by atoms with E-state index in [4.69, 9.17) is 14.4 Å². The molecule has 11 aromatic rings. The lowest BCUT2D eigenvalue weighted by atomic mass is 9.67. The van der Waals surface area contributed by atoms with E-state index < -0.39 is 5.41 Å². The number of nitrogens with zero attached hydrogens (tertiary/aromatic N) is 2. The first-order valence-electron chi connectivity index (χ1n) is 21.9. The molecule has 1 aliphatic heterocycles. The van der Waals surface area contributed by atoms with Crippen LogP contribution in [-0.2, 0) is 5.41 Å². The summed E-state index contributed by atoms with van der Waals surface area (Å²) in [6, 6.07) is 72.6. The highest BCUT2D eigenvalue weighted by Crippen LogP contribution is 2.63. The molecule has 0 saturated carbocycles. The van der Waals surface area contributed by atoms with Crippen molar-refractivity contribution >= 4 is 73.0 Å². The van der Waals surface area contributed by atoms with Crippen LogP contribution in [-0.4, -0.2) is 16.9 Å². The molecule has 0 radical (unpaired) electrons. The topological polar surface area (TPSA) is 62.2 Å². The summed E-state index contributed by atoms with van der Waals surface area (Å²) >= 11 is 1.87. The molecule has 3 heterocycles. The van der Waals surface area contributed by atoms with Gasteiger partial charge in [0.25, 0.3) is 0 Å². The first-order valence-corrected chi connectivity index (χ1v) is 22.7. The molecule has 65 heavy (non-hydrogen) atoms. The molecule has 1 N–H and O–H groups in total. The van der Waals surface area contributed by atoms with Crippen LogP contribution in [0.15, 0.2) is 232 Å². The Morgan fingerprint density at radius 2 is 1.25 bits per heavy atom. The summed E-state index contributed by atoms with van der Waals surface area (Å²) < 4.78 is 6.49. The largest absolute Gasteiger partial charge is 0.455 e. The van der Waals surface area contributed by atoms with Gasteiger partial charge in [0.1, 0.15) is 11.2 Å². The van der Waals surface area contributed by atoms with Crippen molar-refractivity contribution in [3.05, 3.63) is 251 Å². The highest BCUT2D eigenvalue weighted by molar-refractivity contribution is 7.99. The molecule has 2 aromatic heterocycles. The first kappa shape index (κ1) is 37.4. The number of allylic oxidation sites excluding steroid dienone is 1. The summed E-state index contributed by atoms with van der Waals surface area (Å²) in [6.07, 6.45) is 3.71. The molecular weight excluding hydrogens is 811 g/mol. The van der Waals surface area contributed by atoms with Gasteiger partial charge in [0.2, 0.25) is 0 Å². The zero-order valence-electron chi connectivity index (χ0n) is 35.0. The monoisotopic (exact) mass is 847 g/mol. The van der Waals surface area contributed by atoms with Crippen LogP contribution < -0.4 is 0 Å². The van der Waals surface area contributed by atoms with Crippen molar-refractivity contribution in [2.24, 2.45) is 4.99 Å². The lowest BCUT2D eigenvalue weighted by Crippen LogP contribution is -2.32. The Morgan fingerprint density at radius 1 is 0.569 bits per heavy atom. The van der Waals surface area contributed by atoms with E-state index in [0.29, 0.717) is 11.4 Å². The number of nitrogens with one attached hydrogen (secondary N) is 1. The number of aliphatic imine (C=N–C) groups is 1. The zero-order valence-corrected chi connectivity index (χ0v) is 35.8. The number of furan rings is 1. The molecule has 1 spiro atoms. The molecule has 304 valence electrons. The number of rotatable bonds is 6. The molecule has 0 amide bonds. The first-order chi connectivity index (χ1) is 32.1. The molecule has 0 bridgehead atoms. The van der Waals surface area contributed by atoms with Crippen LogP contribution in [0.5, 0.6) is 0 Å². The quantitative estimate of drug-likeness (QED) is 0.134. The Kier molecular flexibility index (Phi) is 8.49. The number of aromatic nitrogens is 1. The number of pyridine rings is 1. The number of hydrogen-bond donors (Lipinski definition) is 1. The van der Waals surface area contributed by atoms with Crippen molar-refractivity contribution in [1.29, 1.82) is 5.41 Å². The minimum atomic E-state index is -0.488. The Morgan fingerprint density at radius 3 is 2.08 bits per heavy atom. The van der Waals surface area contributed by atoms with Gasteiger partial charge in [-0.15, -0.1) is 0 Å². The maximum Gasteiger partial charge on any atom is 0.144 e. The molecule has 4 nitrogen and oxygen atoms in total. The zero-order chi connectivity index (χ0) is 43.1. The van der Waals surface area contributed by atoms with Crippen LogP contribution in [0.2, 0.25) is 0 Å². The van der Waals surface area contributed by atoms with Gasteiger partial charge in [0.05, 0.1) is 28.0 Å². The molecule has 2 aliphatic rings. The van der Waals surface area contributed by atoms with Crippen molar-refractivity contribution in [3.63, 3.8) is 0 Å². The van der Waals surface area contributed by atoms with Gasteiger partial charge < -0.3 is 9.83 Å². The van der Waals surface area contributed by atoms with Crippen molar-refractivity contribution < 1.29 is 4.42 Å². The van der Waals surface area contributed by atoms with E-state index in [1.165, 1.54) is 48.6 Å². The second-order valence-electron chi connectivity index (χ2n) is 16.8. The summed E-state index contributed by atoms with van der Waals surface area (Å²) in [7, 11) is 0.